The number of hydrogen-bond donors (Lipinski definition) is 1. The molecule has 0 unspecified atom stereocenters. The molecule has 1 aliphatic heterocycles. The molecule has 1 aliphatic rings. The summed E-state index contributed by atoms with van der Waals surface area (Å²) >= 11 is 0.905. The zero-order chi connectivity index (χ0) is 23.3. The molecule has 0 radical (unpaired) electrons. The van der Waals surface area contributed by atoms with Crippen molar-refractivity contribution in [2.75, 3.05) is 6.54 Å². The first-order chi connectivity index (χ1) is 15.1. The maximum absolute atomic E-state index is 12.6. The lowest BCUT2D eigenvalue weighted by atomic mass is 10.0. The van der Waals surface area contributed by atoms with Crippen molar-refractivity contribution in [1.82, 2.24) is 10.2 Å². The number of imide groups is 1. The summed E-state index contributed by atoms with van der Waals surface area (Å²) in [5, 5.41) is 1.91. The van der Waals surface area contributed by atoms with E-state index >= 15 is 0 Å². The highest BCUT2D eigenvalue weighted by molar-refractivity contribution is 8.18. The number of rotatable bonds is 6. The van der Waals surface area contributed by atoms with Gasteiger partial charge in [-0.2, -0.15) is 0 Å². The molecule has 0 spiro atoms. The number of nitrogens with zero attached hydrogens (tertiary/aromatic N) is 1. The van der Waals surface area contributed by atoms with Gasteiger partial charge in [-0.1, -0.05) is 49.4 Å². The summed E-state index contributed by atoms with van der Waals surface area (Å²) in [6.07, 6.45) is 2.24. The van der Waals surface area contributed by atoms with Crippen LogP contribution in [0.3, 0.4) is 0 Å². The minimum Gasteiger partial charge on any atom is -0.444 e. The topological polar surface area (TPSA) is 75.7 Å². The lowest BCUT2D eigenvalue weighted by Gasteiger charge is -2.27. The Morgan fingerprint density at radius 2 is 1.81 bits per heavy atom. The van der Waals surface area contributed by atoms with Crippen LogP contribution in [0.2, 0.25) is 0 Å². The van der Waals surface area contributed by atoms with Crippen LogP contribution < -0.4 is 5.32 Å². The Morgan fingerprint density at radius 3 is 2.41 bits per heavy atom. The standard InChI is InChI=1S/C25H28N2O4S/c1-5-13-27(24(30)31-25(2,3)4)16-18-7-6-8-20(14-18)19-11-9-17(10-12-19)15-21-22(28)26-23(29)32-21/h6-12,14-15H,5,13,16H2,1-4H3,(H,26,28,29). The SMILES string of the molecule is CCCN(Cc1cccc(-c2ccc(C=C3SC(=O)NC3=O)cc2)c1)C(=O)OC(C)(C)C. The zero-order valence-electron chi connectivity index (χ0n) is 18.8. The fraction of sp³-hybridized carbons (Fsp3) is 0.320. The number of amides is 3. The quantitative estimate of drug-likeness (QED) is 0.559. The van der Waals surface area contributed by atoms with E-state index in [9.17, 15) is 14.4 Å². The van der Waals surface area contributed by atoms with E-state index in [1.54, 1.807) is 11.0 Å². The predicted octanol–water partition coefficient (Wildman–Crippen LogP) is 5.82. The van der Waals surface area contributed by atoms with Gasteiger partial charge in [-0.25, -0.2) is 4.79 Å². The number of hydrogen-bond acceptors (Lipinski definition) is 5. The van der Waals surface area contributed by atoms with Gasteiger partial charge < -0.3 is 9.64 Å². The average Bonchev–Trinajstić information content (AvgIpc) is 3.04. The maximum atomic E-state index is 12.6. The van der Waals surface area contributed by atoms with Crippen LogP contribution in [0.25, 0.3) is 17.2 Å². The average molecular weight is 453 g/mol. The predicted molar refractivity (Wildman–Crippen MR) is 128 cm³/mol. The highest BCUT2D eigenvalue weighted by atomic mass is 32.2. The van der Waals surface area contributed by atoms with Gasteiger partial charge in [0.15, 0.2) is 0 Å². The molecule has 2 aromatic carbocycles. The van der Waals surface area contributed by atoms with Crippen LogP contribution in [0, 0.1) is 0 Å². The van der Waals surface area contributed by atoms with Gasteiger partial charge in [0, 0.05) is 13.1 Å². The molecule has 7 heteroatoms. The normalized spacial score (nSPS) is 15.1. The van der Waals surface area contributed by atoms with E-state index in [0.717, 1.165) is 40.4 Å². The first kappa shape index (κ1) is 23.6. The fourth-order valence-corrected chi connectivity index (χ4v) is 3.93. The molecular weight excluding hydrogens is 424 g/mol. The van der Waals surface area contributed by atoms with Gasteiger partial charge in [0.2, 0.25) is 0 Å². The van der Waals surface area contributed by atoms with E-state index in [1.165, 1.54) is 0 Å². The summed E-state index contributed by atoms with van der Waals surface area (Å²) in [4.78, 5) is 37.7. The van der Waals surface area contributed by atoms with Crippen molar-refractivity contribution in [3.8, 4) is 11.1 Å². The van der Waals surface area contributed by atoms with Gasteiger partial charge in [0.1, 0.15) is 5.60 Å². The molecule has 1 heterocycles. The molecule has 0 aliphatic carbocycles. The summed E-state index contributed by atoms with van der Waals surface area (Å²) in [7, 11) is 0. The van der Waals surface area contributed by atoms with Crippen molar-refractivity contribution in [3.05, 3.63) is 64.6 Å². The first-order valence-corrected chi connectivity index (χ1v) is 11.4. The Balaban J connectivity index is 1.75. The third-order valence-corrected chi connectivity index (χ3v) is 5.44. The Bertz CT molecular complexity index is 1040. The molecule has 3 rings (SSSR count). The van der Waals surface area contributed by atoms with Gasteiger partial charge >= 0.3 is 6.09 Å². The summed E-state index contributed by atoms with van der Waals surface area (Å²) in [6.45, 7) is 8.73. The van der Waals surface area contributed by atoms with Gasteiger partial charge in [0.05, 0.1) is 4.91 Å². The second kappa shape index (κ2) is 10.0. The van der Waals surface area contributed by atoms with E-state index in [2.05, 4.69) is 11.4 Å². The molecule has 6 nitrogen and oxygen atoms in total. The smallest absolute Gasteiger partial charge is 0.410 e. The molecule has 168 valence electrons. The highest BCUT2D eigenvalue weighted by Crippen LogP contribution is 2.27. The van der Waals surface area contributed by atoms with E-state index in [1.807, 2.05) is 70.2 Å². The van der Waals surface area contributed by atoms with Crippen LogP contribution in [0.4, 0.5) is 9.59 Å². The van der Waals surface area contributed by atoms with Crippen LogP contribution in [0.1, 0.15) is 45.2 Å². The third kappa shape index (κ3) is 6.47. The van der Waals surface area contributed by atoms with Crippen molar-refractivity contribution >= 4 is 35.1 Å². The largest absolute Gasteiger partial charge is 0.444 e. The summed E-state index contributed by atoms with van der Waals surface area (Å²) < 4.78 is 5.55. The Labute approximate surface area is 193 Å². The van der Waals surface area contributed by atoms with Crippen LogP contribution in [0.5, 0.6) is 0 Å². The van der Waals surface area contributed by atoms with E-state index in [0.29, 0.717) is 18.0 Å². The Kier molecular flexibility index (Phi) is 7.40. The van der Waals surface area contributed by atoms with Gasteiger partial charge in [-0.15, -0.1) is 0 Å². The van der Waals surface area contributed by atoms with E-state index < -0.39 is 5.60 Å². The number of carbonyl (C=O) groups is 3. The van der Waals surface area contributed by atoms with E-state index in [-0.39, 0.29) is 17.2 Å². The number of ether oxygens (including phenoxy) is 1. The number of nitrogens with one attached hydrogen (secondary N) is 1. The lowest BCUT2D eigenvalue weighted by Crippen LogP contribution is -2.36. The summed E-state index contributed by atoms with van der Waals surface area (Å²) in [6, 6.07) is 15.8. The van der Waals surface area contributed by atoms with E-state index in [4.69, 9.17) is 4.74 Å². The molecule has 0 aromatic heterocycles. The molecule has 0 atom stereocenters. The van der Waals surface area contributed by atoms with Crippen molar-refractivity contribution in [2.24, 2.45) is 0 Å². The number of carbonyl (C=O) groups excluding carboxylic acids is 3. The maximum Gasteiger partial charge on any atom is 0.410 e. The molecule has 1 N–H and O–H groups in total. The molecule has 3 amide bonds. The minimum absolute atomic E-state index is 0.311. The van der Waals surface area contributed by atoms with Crippen molar-refractivity contribution in [2.45, 2.75) is 46.3 Å². The lowest BCUT2D eigenvalue weighted by molar-refractivity contribution is -0.115. The van der Waals surface area contributed by atoms with Gasteiger partial charge in [0.25, 0.3) is 11.1 Å². The molecule has 32 heavy (non-hydrogen) atoms. The van der Waals surface area contributed by atoms with Gasteiger partial charge in [-0.05, 0) is 73.4 Å². The van der Waals surface area contributed by atoms with Crippen molar-refractivity contribution in [3.63, 3.8) is 0 Å². The fourth-order valence-electron chi connectivity index (χ4n) is 3.25. The third-order valence-electron chi connectivity index (χ3n) is 4.63. The van der Waals surface area contributed by atoms with Crippen molar-refractivity contribution < 1.29 is 19.1 Å². The summed E-state index contributed by atoms with van der Waals surface area (Å²) in [5.41, 5.74) is 3.38. The Morgan fingerprint density at radius 1 is 1.09 bits per heavy atom. The second-order valence-electron chi connectivity index (χ2n) is 8.58. The first-order valence-electron chi connectivity index (χ1n) is 10.6. The Hall–Kier alpha value is -3.06. The molecule has 0 saturated carbocycles. The van der Waals surface area contributed by atoms with Gasteiger partial charge in [-0.3, -0.25) is 14.9 Å². The zero-order valence-corrected chi connectivity index (χ0v) is 19.6. The second-order valence-corrected chi connectivity index (χ2v) is 9.59. The highest BCUT2D eigenvalue weighted by Gasteiger charge is 2.25. The number of benzene rings is 2. The number of thioether (sulfide) groups is 1. The minimum atomic E-state index is -0.535. The summed E-state index contributed by atoms with van der Waals surface area (Å²) in [5.74, 6) is -0.363. The molecule has 2 aromatic rings. The van der Waals surface area contributed by atoms with Crippen LogP contribution in [-0.2, 0) is 16.1 Å². The van der Waals surface area contributed by atoms with Crippen molar-refractivity contribution in [1.29, 1.82) is 0 Å². The molecule has 1 saturated heterocycles. The van der Waals surface area contributed by atoms with Crippen LogP contribution in [-0.4, -0.2) is 34.3 Å². The van der Waals surface area contributed by atoms with Crippen LogP contribution in [0.15, 0.2) is 53.4 Å². The molecule has 0 bridgehead atoms. The molecular formula is C25H28N2O4S. The monoisotopic (exact) mass is 452 g/mol. The molecule has 1 fully saturated rings. The van der Waals surface area contributed by atoms with Crippen LogP contribution >= 0.6 is 11.8 Å².